The van der Waals surface area contributed by atoms with Crippen LogP contribution in [-0.2, 0) is 23.8 Å². The van der Waals surface area contributed by atoms with Crippen LogP contribution in [-0.4, -0.2) is 38.4 Å². The van der Waals surface area contributed by atoms with Crippen molar-refractivity contribution in [3.05, 3.63) is 0 Å². The summed E-state index contributed by atoms with van der Waals surface area (Å²) in [6.07, 6.45) is 0.354. The molecule has 0 amide bonds. The molecule has 5 nitrogen and oxygen atoms in total. The van der Waals surface area contributed by atoms with Crippen LogP contribution in [0.2, 0.25) is 0 Å². The first-order valence-electron chi connectivity index (χ1n) is 4.44. The second-order valence-electron chi connectivity index (χ2n) is 3.19. The highest BCUT2D eigenvalue weighted by molar-refractivity contribution is 5.73. The van der Waals surface area contributed by atoms with Crippen molar-refractivity contribution in [2.24, 2.45) is 0 Å². The number of methoxy groups -OCH3 is 2. The number of esters is 2. The molecular formula is C9H14O5. The molecule has 1 saturated heterocycles. The first-order chi connectivity index (χ1) is 6.65. The van der Waals surface area contributed by atoms with E-state index < -0.39 is 6.10 Å². The van der Waals surface area contributed by atoms with Crippen molar-refractivity contribution >= 4 is 11.9 Å². The van der Waals surface area contributed by atoms with Gasteiger partial charge < -0.3 is 14.2 Å². The minimum Gasteiger partial charge on any atom is -0.469 e. The van der Waals surface area contributed by atoms with Crippen LogP contribution in [0, 0.1) is 0 Å². The first-order valence-corrected chi connectivity index (χ1v) is 4.44. The zero-order chi connectivity index (χ0) is 10.6. The minimum atomic E-state index is -0.409. The van der Waals surface area contributed by atoms with Crippen molar-refractivity contribution in [2.45, 2.75) is 31.5 Å². The largest absolute Gasteiger partial charge is 0.469 e. The highest BCUT2D eigenvalue weighted by atomic mass is 16.6. The monoisotopic (exact) mass is 202 g/mol. The van der Waals surface area contributed by atoms with Gasteiger partial charge in [0.25, 0.3) is 0 Å². The van der Waals surface area contributed by atoms with Crippen LogP contribution < -0.4 is 0 Å². The fourth-order valence-electron chi connectivity index (χ4n) is 1.42. The van der Waals surface area contributed by atoms with Gasteiger partial charge in [-0.1, -0.05) is 0 Å². The molecule has 0 aromatic heterocycles. The van der Waals surface area contributed by atoms with E-state index in [4.69, 9.17) is 9.47 Å². The van der Waals surface area contributed by atoms with Crippen LogP contribution in [0.4, 0.5) is 0 Å². The molecule has 0 spiro atoms. The van der Waals surface area contributed by atoms with E-state index in [9.17, 15) is 9.59 Å². The summed E-state index contributed by atoms with van der Waals surface area (Å²) in [5, 5.41) is 0. The number of rotatable bonds is 3. The predicted octanol–water partition coefficient (Wildman–Crippen LogP) is 0.270. The molecule has 1 aliphatic heterocycles. The standard InChI is InChI=1S/C9H14O5/c1-12-6-3-7(5-8(10)13-2)14-9(11)4-6/h6-7H,3-5H2,1-2H3/t6-,7-/m0/s1. The second-order valence-corrected chi connectivity index (χ2v) is 3.19. The molecule has 0 radical (unpaired) electrons. The van der Waals surface area contributed by atoms with E-state index >= 15 is 0 Å². The molecule has 14 heavy (non-hydrogen) atoms. The highest BCUT2D eigenvalue weighted by Gasteiger charge is 2.30. The van der Waals surface area contributed by atoms with Gasteiger partial charge in [-0.2, -0.15) is 0 Å². The summed E-state index contributed by atoms with van der Waals surface area (Å²) in [4.78, 5) is 22.0. The van der Waals surface area contributed by atoms with E-state index in [0.717, 1.165) is 0 Å². The van der Waals surface area contributed by atoms with Crippen molar-refractivity contribution in [3.8, 4) is 0 Å². The molecule has 0 aromatic carbocycles. The van der Waals surface area contributed by atoms with Gasteiger partial charge in [-0.3, -0.25) is 9.59 Å². The first kappa shape index (κ1) is 11.0. The summed E-state index contributed by atoms with van der Waals surface area (Å²) in [6, 6.07) is 0. The third-order valence-corrected chi connectivity index (χ3v) is 2.17. The maximum atomic E-state index is 11.1. The van der Waals surface area contributed by atoms with Gasteiger partial charge in [0.05, 0.1) is 26.1 Å². The van der Waals surface area contributed by atoms with E-state index in [1.807, 2.05) is 0 Å². The summed E-state index contributed by atoms with van der Waals surface area (Å²) >= 11 is 0. The smallest absolute Gasteiger partial charge is 0.309 e. The molecule has 1 aliphatic rings. The van der Waals surface area contributed by atoms with Crippen LogP contribution in [0.15, 0.2) is 0 Å². The molecule has 0 bridgehead atoms. The Morgan fingerprint density at radius 1 is 1.57 bits per heavy atom. The molecule has 1 fully saturated rings. The van der Waals surface area contributed by atoms with Crippen molar-refractivity contribution < 1.29 is 23.8 Å². The van der Waals surface area contributed by atoms with Crippen LogP contribution in [0.5, 0.6) is 0 Å². The molecule has 0 saturated carbocycles. The Morgan fingerprint density at radius 3 is 2.86 bits per heavy atom. The van der Waals surface area contributed by atoms with Gasteiger partial charge in [-0.15, -0.1) is 0 Å². The van der Waals surface area contributed by atoms with Gasteiger partial charge in [0.15, 0.2) is 0 Å². The Bertz CT molecular complexity index is 225. The maximum Gasteiger partial charge on any atom is 0.309 e. The summed E-state index contributed by atoms with van der Waals surface area (Å²) in [5.74, 6) is -0.698. The molecule has 0 N–H and O–H groups in total. The Hall–Kier alpha value is -1.10. The molecule has 2 atom stereocenters. The molecule has 1 heterocycles. The van der Waals surface area contributed by atoms with E-state index in [0.29, 0.717) is 6.42 Å². The maximum absolute atomic E-state index is 11.1. The SMILES string of the molecule is COC(=O)C[C@@H]1C[C@H](OC)CC(=O)O1. The fraction of sp³-hybridized carbons (Fsp3) is 0.778. The fourth-order valence-corrected chi connectivity index (χ4v) is 1.42. The molecule has 80 valence electrons. The Morgan fingerprint density at radius 2 is 2.29 bits per heavy atom. The Labute approximate surface area is 82.3 Å². The van der Waals surface area contributed by atoms with Gasteiger partial charge in [-0.05, 0) is 0 Å². The molecule has 0 unspecified atom stereocenters. The number of hydrogen-bond acceptors (Lipinski definition) is 5. The van der Waals surface area contributed by atoms with Crippen LogP contribution in [0.3, 0.4) is 0 Å². The van der Waals surface area contributed by atoms with E-state index in [-0.39, 0.29) is 30.9 Å². The zero-order valence-electron chi connectivity index (χ0n) is 8.32. The molecule has 1 rings (SSSR count). The average Bonchev–Trinajstić information content (AvgIpc) is 2.16. The lowest BCUT2D eigenvalue weighted by atomic mass is 10.0. The minimum absolute atomic E-state index is 0.0993. The van der Waals surface area contributed by atoms with Crippen molar-refractivity contribution in [1.29, 1.82) is 0 Å². The van der Waals surface area contributed by atoms with Gasteiger partial charge in [0, 0.05) is 13.5 Å². The van der Waals surface area contributed by atoms with Crippen LogP contribution >= 0.6 is 0 Å². The lowest BCUT2D eigenvalue weighted by Crippen LogP contribution is -2.35. The van der Waals surface area contributed by atoms with E-state index in [1.54, 1.807) is 7.11 Å². The Balaban J connectivity index is 2.45. The van der Waals surface area contributed by atoms with Crippen LogP contribution in [0.25, 0.3) is 0 Å². The van der Waals surface area contributed by atoms with Crippen molar-refractivity contribution in [3.63, 3.8) is 0 Å². The number of carbonyl (C=O) groups excluding carboxylic acids is 2. The Kier molecular flexibility index (Phi) is 3.88. The number of carbonyl (C=O) groups is 2. The van der Waals surface area contributed by atoms with Crippen molar-refractivity contribution in [2.75, 3.05) is 14.2 Å². The predicted molar refractivity (Wildman–Crippen MR) is 46.5 cm³/mol. The van der Waals surface area contributed by atoms with Gasteiger partial charge >= 0.3 is 11.9 Å². The quantitative estimate of drug-likeness (QED) is 0.615. The summed E-state index contributed by atoms with van der Waals surface area (Å²) in [7, 11) is 2.85. The van der Waals surface area contributed by atoms with Gasteiger partial charge in [-0.25, -0.2) is 0 Å². The number of hydrogen-bond donors (Lipinski definition) is 0. The number of cyclic esters (lactones) is 1. The third kappa shape index (κ3) is 2.99. The van der Waals surface area contributed by atoms with Crippen LogP contribution in [0.1, 0.15) is 19.3 Å². The lowest BCUT2D eigenvalue weighted by molar-refractivity contribution is -0.165. The van der Waals surface area contributed by atoms with E-state index in [2.05, 4.69) is 4.74 Å². The zero-order valence-corrected chi connectivity index (χ0v) is 8.32. The summed E-state index contributed by atoms with van der Waals surface area (Å²) in [6.45, 7) is 0. The second kappa shape index (κ2) is 4.95. The number of ether oxygens (including phenoxy) is 3. The van der Waals surface area contributed by atoms with Crippen molar-refractivity contribution in [1.82, 2.24) is 0 Å². The molecule has 5 heteroatoms. The molecule has 0 aromatic rings. The summed E-state index contributed by atoms with van der Waals surface area (Å²) < 4.78 is 14.5. The average molecular weight is 202 g/mol. The highest BCUT2D eigenvalue weighted by Crippen LogP contribution is 2.19. The van der Waals surface area contributed by atoms with Gasteiger partial charge in [0.1, 0.15) is 6.10 Å². The van der Waals surface area contributed by atoms with E-state index in [1.165, 1.54) is 7.11 Å². The lowest BCUT2D eigenvalue weighted by Gasteiger charge is -2.27. The normalized spacial score (nSPS) is 26.9. The third-order valence-electron chi connectivity index (χ3n) is 2.17. The molecule has 0 aliphatic carbocycles. The topological polar surface area (TPSA) is 61.8 Å². The summed E-state index contributed by atoms with van der Waals surface area (Å²) in [5.41, 5.74) is 0. The van der Waals surface area contributed by atoms with Gasteiger partial charge in [0.2, 0.25) is 0 Å². The molecular weight excluding hydrogens is 188 g/mol.